The van der Waals surface area contributed by atoms with Gasteiger partial charge in [0.05, 0.1) is 14.2 Å². The molecule has 4 aromatic rings. The summed E-state index contributed by atoms with van der Waals surface area (Å²) >= 11 is 0. The normalized spacial score (nSPS) is 11.0. The third-order valence-corrected chi connectivity index (χ3v) is 5.20. The van der Waals surface area contributed by atoms with Crippen LogP contribution in [0.15, 0.2) is 33.9 Å². The van der Waals surface area contributed by atoms with Gasteiger partial charge in [0, 0.05) is 31.4 Å². The molecule has 0 atom stereocenters. The molecule has 0 saturated heterocycles. The van der Waals surface area contributed by atoms with Gasteiger partial charge in [-0.25, -0.2) is 9.78 Å². The average Bonchev–Trinajstić information content (AvgIpc) is 3.43. The van der Waals surface area contributed by atoms with Crippen LogP contribution in [0, 0.1) is 0 Å². The van der Waals surface area contributed by atoms with Crippen molar-refractivity contribution in [3.63, 3.8) is 0 Å². The summed E-state index contributed by atoms with van der Waals surface area (Å²) in [4.78, 5) is 47.0. The van der Waals surface area contributed by atoms with E-state index in [-0.39, 0.29) is 23.7 Å². The number of hydrogen-bond acceptors (Lipinski definition) is 8. The Bertz CT molecular complexity index is 1500. The number of nitrogens with zero attached hydrogens (tertiary/aromatic N) is 4. The number of amides is 1. The number of ether oxygens (including phenoxy) is 3. The van der Waals surface area contributed by atoms with Crippen LogP contribution in [0.5, 0.6) is 17.4 Å². The third kappa shape index (κ3) is 4.74. The maximum Gasteiger partial charge on any atom is 0.330 e. The van der Waals surface area contributed by atoms with Gasteiger partial charge in [-0.2, -0.15) is 0 Å². The lowest BCUT2D eigenvalue weighted by molar-refractivity contribution is -0.118. The summed E-state index contributed by atoms with van der Waals surface area (Å²) in [6.07, 6.45) is 0.636. The van der Waals surface area contributed by atoms with Gasteiger partial charge in [0.25, 0.3) is 11.5 Å². The van der Waals surface area contributed by atoms with Crippen molar-refractivity contribution >= 4 is 22.8 Å². The molecule has 0 fully saturated rings. The summed E-state index contributed by atoms with van der Waals surface area (Å²) in [7, 11) is 4.70. The largest absolute Gasteiger partial charge is 0.493 e. The number of carbonyl (C=O) groups excluding carboxylic acids is 1. The Morgan fingerprint density at radius 1 is 1.11 bits per heavy atom. The molecule has 1 amide bonds. The fraction of sp³-hybridized carbons (Fsp3) is 0.318. The maximum atomic E-state index is 12.6. The number of aromatic nitrogens is 6. The first kappa shape index (κ1) is 23.6. The Balaban J connectivity index is 1.49. The van der Waals surface area contributed by atoms with Crippen LogP contribution in [0.2, 0.25) is 0 Å². The third-order valence-electron chi connectivity index (χ3n) is 5.20. The van der Waals surface area contributed by atoms with Gasteiger partial charge in [-0.3, -0.25) is 23.8 Å². The highest BCUT2D eigenvalue weighted by Crippen LogP contribution is 2.29. The summed E-state index contributed by atoms with van der Waals surface area (Å²) in [5.74, 6) is 1.13. The number of aryl methyl sites for hydroxylation is 1. The highest BCUT2D eigenvalue weighted by atomic mass is 16.5. The van der Waals surface area contributed by atoms with E-state index >= 15 is 0 Å². The molecule has 0 saturated carbocycles. The molecular weight excluding hydrogens is 458 g/mol. The summed E-state index contributed by atoms with van der Waals surface area (Å²) in [5.41, 5.74) is 0.389. The van der Waals surface area contributed by atoms with Crippen molar-refractivity contribution < 1.29 is 19.0 Å². The van der Waals surface area contributed by atoms with Gasteiger partial charge in [0.2, 0.25) is 5.88 Å². The number of hydrogen-bond donors (Lipinski definition) is 3. The highest BCUT2D eigenvalue weighted by Gasteiger charge is 2.17. The number of anilines is 1. The van der Waals surface area contributed by atoms with E-state index in [1.165, 1.54) is 18.9 Å². The van der Waals surface area contributed by atoms with Crippen molar-refractivity contribution in [1.29, 1.82) is 0 Å². The number of carbonyl (C=O) groups is 1. The van der Waals surface area contributed by atoms with Crippen LogP contribution in [0.1, 0.15) is 13.3 Å². The zero-order valence-corrected chi connectivity index (χ0v) is 19.7. The maximum absolute atomic E-state index is 12.6. The number of nitrogens with one attached hydrogen (secondary N) is 3. The molecule has 1 aromatic carbocycles. The molecule has 13 nitrogen and oxygen atoms in total. The number of aromatic amines is 2. The van der Waals surface area contributed by atoms with Crippen molar-refractivity contribution in [2.24, 2.45) is 7.05 Å². The van der Waals surface area contributed by atoms with Crippen molar-refractivity contribution in [3.05, 3.63) is 45.1 Å². The van der Waals surface area contributed by atoms with E-state index in [9.17, 15) is 14.4 Å². The lowest BCUT2D eigenvalue weighted by atomic mass is 10.2. The molecule has 0 aliphatic rings. The Hall–Kier alpha value is -4.55. The number of imidazole rings is 1. The number of fused-ring (bicyclic) bond motifs is 1. The van der Waals surface area contributed by atoms with E-state index in [4.69, 9.17) is 14.2 Å². The Labute approximate surface area is 198 Å². The molecule has 0 bridgehead atoms. The number of benzene rings is 1. The highest BCUT2D eigenvalue weighted by molar-refractivity contribution is 5.92. The molecule has 4 rings (SSSR count). The predicted molar refractivity (Wildman–Crippen MR) is 127 cm³/mol. The monoisotopic (exact) mass is 483 g/mol. The Kier molecular flexibility index (Phi) is 6.57. The zero-order valence-electron chi connectivity index (χ0n) is 19.7. The van der Waals surface area contributed by atoms with Crippen LogP contribution in [0.25, 0.3) is 22.7 Å². The van der Waals surface area contributed by atoms with Crippen LogP contribution >= 0.6 is 0 Å². The summed E-state index contributed by atoms with van der Waals surface area (Å²) in [6, 6.07) is 6.57. The minimum absolute atomic E-state index is 0.153. The SMILES string of the molecule is CCCn1c(=O)[nH]c2nc(-c3cc(OCC(=O)Nc4ccc(OC)c(OC)c4)nn3C)[nH]c2c1=O. The van der Waals surface area contributed by atoms with Gasteiger partial charge in [-0.05, 0) is 18.6 Å². The summed E-state index contributed by atoms with van der Waals surface area (Å²) in [6.45, 7) is 1.88. The van der Waals surface area contributed by atoms with Crippen molar-refractivity contribution in [2.45, 2.75) is 19.9 Å². The lowest BCUT2D eigenvalue weighted by Crippen LogP contribution is -2.34. The minimum atomic E-state index is -0.517. The molecule has 0 aliphatic heterocycles. The van der Waals surface area contributed by atoms with Gasteiger partial charge in [-0.1, -0.05) is 6.92 Å². The van der Waals surface area contributed by atoms with E-state index < -0.39 is 17.2 Å². The lowest BCUT2D eigenvalue weighted by Gasteiger charge is -2.10. The molecule has 0 aliphatic carbocycles. The van der Waals surface area contributed by atoms with Crippen LogP contribution < -0.4 is 30.8 Å². The first-order valence-electron chi connectivity index (χ1n) is 10.8. The second-order valence-corrected chi connectivity index (χ2v) is 7.59. The smallest absolute Gasteiger partial charge is 0.330 e. The van der Waals surface area contributed by atoms with Crippen molar-refractivity contribution in [3.8, 4) is 28.9 Å². The molecule has 35 heavy (non-hydrogen) atoms. The second-order valence-electron chi connectivity index (χ2n) is 7.59. The van der Waals surface area contributed by atoms with Gasteiger partial charge in [0.1, 0.15) is 11.2 Å². The second kappa shape index (κ2) is 9.75. The number of H-pyrrole nitrogens is 2. The number of rotatable bonds is 9. The summed E-state index contributed by atoms with van der Waals surface area (Å²) < 4.78 is 18.6. The van der Waals surface area contributed by atoms with E-state index in [0.717, 1.165) is 4.57 Å². The minimum Gasteiger partial charge on any atom is -0.493 e. The van der Waals surface area contributed by atoms with Gasteiger partial charge < -0.3 is 24.5 Å². The first-order valence-corrected chi connectivity index (χ1v) is 10.8. The van der Waals surface area contributed by atoms with E-state index in [1.807, 2.05) is 6.92 Å². The Morgan fingerprint density at radius 3 is 2.60 bits per heavy atom. The van der Waals surface area contributed by atoms with Gasteiger partial charge in [0.15, 0.2) is 29.6 Å². The molecular formula is C22H25N7O6. The van der Waals surface area contributed by atoms with Gasteiger partial charge in [-0.15, -0.1) is 5.10 Å². The fourth-order valence-electron chi connectivity index (χ4n) is 3.55. The zero-order chi connectivity index (χ0) is 25.1. The van der Waals surface area contributed by atoms with Crippen LogP contribution in [0.4, 0.5) is 5.69 Å². The standard InChI is InChI=1S/C22H25N7O6/c1-5-8-29-21(31)18-20(26-22(29)32)25-19(24-18)13-10-17(27-28(13)2)35-11-16(30)23-12-6-7-14(33-3)15(9-12)34-4/h6-7,9-10H,5,8,11H2,1-4H3,(H,23,30)(H,24,25)(H,26,32). The topological polar surface area (TPSA) is 158 Å². The molecule has 3 N–H and O–H groups in total. The van der Waals surface area contributed by atoms with Crippen LogP contribution in [-0.4, -0.2) is 56.0 Å². The number of methoxy groups -OCH3 is 2. The van der Waals surface area contributed by atoms with E-state index in [1.54, 1.807) is 31.3 Å². The molecule has 3 heterocycles. The van der Waals surface area contributed by atoms with Crippen LogP contribution in [-0.2, 0) is 18.4 Å². The van der Waals surface area contributed by atoms with E-state index in [0.29, 0.717) is 41.7 Å². The van der Waals surface area contributed by atoms with Crippen LogP contribution in [0.3, 0.4) is 0 Å². The molecule has 0 radical (unpaired) electrons. The molecule has 0 spiro atoms. The first-order chi connectivity index (χ1) is 16.8. The Morgan fingerprint density at radius 2 is 1.89 bits per heavy atom. The quantitative estimate of drug-likeness (QED) is 0.321. The average molecular weight is 483 g/mol. The molecule has 3 aromatic heterocycles. The summed E-state index contributed by atoms with van der Waals surface area (Å²) in [5, 5.41) is 6.95. The van der Waals surface area contributed by atoms with Gasteiger partial charge >= 0.3 is 5.69 Å². The fourth-order valence-corrected chi connectivity index (χ4v) is 3.55. The van der Waals surface area contributed by atoms with Crippen molar-refractivity contribution in [2.75, 3.05) is 26.1 Å². The molecule has 0 unspecified atom stereocenters. The van der Waals surface area contributed by atoms with E-state index in [2.05, 4.69) is 25.4 Å². The predicted octanol–water partition coefficient (Wildman–Crippen LogP) is 1.26. The van der Waals surface area contributed by atoms with Crippen molar-refractivity contribution in [1.82, 2.24) is 29.3 Å². The molecule has 13 heteroatoms. The molecule has 184 valence electrons.